The average Bonchev–Trinajstić information content (AvgIpc) is 3.21. The van der Waals surface area contributed by atoms with Crippen molar-refractivity contribution in [2.24, 2.45) is 0 Å². The van der Waals surface area contributed by atoms with Crippen LogP contribution in [-0.4, -0.2) is 60.2 Å². The SMILES string of the molecule is COCCN1C(=O)C(O)=C(C(=O)c2sc(C)nc2C)C1c1ccc2c(c1)OCCO2. The van der Waals surface area contributed by atoms with Gasteiger partial charge in [0.05, 0.1) is 33.8 Å². The van der Waals surface area contributed by atoms with Crippen molar-refractivity contribution in [2.75, 3.05) is 33.5 Å². The van der Waals surface area contributed by atoms with Crippen LogP contribution in [0.15, 0.2) is 29.5 Å². The summed E-state index contributed by atoms with van der Waals surface area (Å²) in [6, 6.07) is 4.52. The number of ketones is 1. The minimum atomic E-state index is -0.766. The maximum absolute atomic E-state index is 13.4. The topological polar surface area (TPSA) is 98.2 Å². The van der Waals surface area contributed by atoms with Crippen molar-refractivity contribution < 1.29 is 28.9 Å². The molecule has 2 aliphatic rings. The number of aliphatic hydroxyl groups is 1. The molecule has 0 radical (unpaired) electrons. The van der Waals surface area contributed by atoms with E-state index in [0.29, 0.717) is 40.8 Å². The normalized spacial score (nSPS) is 18.3. The third kappa shape index (κ3) is 3.44. The molecule has 2 aliphatic heterocycles. The Hall–Kier alpha value is -2.91. The van der Waals surface area contributed by atoms with E-state index < -0.39 is 23.5 Å². The molecule has 1 aromatic carbocycles. The van der Waals surface area contributed by atoms with Crippen LogP contribution in [-0.2, 0) is 9.53 Å². The number of hydrogen-bond acceptors (Lipinski definition) is 8. The number of aromatic nitrogens is 1. The predicted molar refractivity (Wildman–Crippen MR) is 109 cm³/mol. The number of ether oxygens (including phenoxy) is 3. The number of methoxy groups -OCH3 is 1. The predicted octanol–water partition coefficient (Wildman–Crippen LogP) is 2.76. The van der Waals surface area contributed by atoms with Gasteiger partial charge in [0.1, 0.15) is 13.2 Å². The summed E-state index contributed by atoms with van der Waals surface area (Å²) in [6.07, 6.45) is 0. The molecule has 1 N–H and O–H groups in total. The lowest BCUT2D eigenvalue weighted by Gasteiger charge is -2.28. The molecule has 0 bridgehead atoms. The zero-order valence-corrected chi connectivity index (χ0v) is 17.7. The summed E-state index contributed by atoms with van der Waals surface area (Å²) in [7, 11) is 1.53. The Bertz CT molecular complexity index is 1040. The van der Waals surface area contributed by atoms with E-state index in [1.807, 2.05) is 6.92 Å². The molecule has 0 saturated carbocycles. The molecule has 4 rings (SSSR count). The highest BCUT2D eigenvalue weighted by molar-refractivity contribution is 7.14. The molecule has 3 heterocycles. The summed E-state index contributed by atoms with van der Waals surface area (Å²) in [5.41, 5.74) is 1.26. The Morgan fingerprint density at radius 2 is 2.03 bits per heavy atom. The van der Waals surface area contributed by atoms with Gasteiger partial charge >= 0.3 is 0 Å². The Morgan fingerprint density at radius 1 is 1.30 bits per heavy atom. The van der Waals surface area contributed by atoms with Crippen LogP contribution in [0.4, 0.5) is 0 Å². The standard InChI is InChI=1S/C21H22N2O6S/c1-11-20(30-12(2)22-11)18(24)16-17(23(6-7-27-3)21(26)19(16)25)13-4-5-14-15(10-13)29-9-8-28-14/h4-5,10,17,25H,6-9H2,1-3H3. The van der Waals surface area contributed by atoms with Gasteiger partial charge in [-0.2, -0.15) is 0 Å². The molecule has 30 heavy (non-hydrogen) atoms. The molecule has 2 aromatic rings. The smallest absolute Gasteiger partial charge is 0.290 e. The first-order chi connectivity index (χ1) is 14.4. The number of carbonyl (C=O) groups excluding carboxylic acids is 2. The number of rotatable bonds is 6. The van der Waals surface area contributed by atoms with E-state index in [-0.39, 0.29) is 18.7 Å². The number of benzene rings is 1. The second kappa shape index (κ2) is 8.08. The quantitative estimate of drug-likeness (QED) is 0.704. The molecule has 1 atom stereocenters. The largest absolute Gasteiger partial charge is 0.503 e. The van der Waals surface area contributed by atoms with E-state index >= 15 is 0 Å². The van der Waals surface area contributed by atoms with Crippen molar-refractivity contribution >= 4 is 23.0 Å². The molecule has 158 valence electrons. The Morgan fingerprint density at radius 3 is 2.70 bits per heavy atom. The summed E-state index contributed by atoms with van der Waals surface area (Å²) in [6.45, 7) is 4.91. The van der Waals surface area contributed by atoms with E-state index in [9.17, 15) is 14.7 Å². The first-order valence-electron chi connectivity index (χ1n) is 9.53. The van der Waals surface area contributed by atoms with E-state index in [4.69, 9.17) is 14.2 Å². The van der Waals surface area contributed by atoms with Gasteiger partial charge in [0.25, 0.3) is 5.91 Å². The number of fused-ring (bicyclic) bond motifs is 1. The number of nitrogens with zero attached hydrogens (tertiary/aromatic N) is 2. The molecule has 1 unspecified atom stereocenters. The number of amides is 1. The first kappa shape index (κ1) is 20.4. The molecule has 9 heteroatoms. The van der Waals surface area contributed by atoms with Gasteiger partial charge in [-0.1, -0.05) is 6.07 Å². The molecule has 0 aliphatic carbocycles. The number of aryl methyl sites for hydroxylation is 2. The zero-order chi connectivity index (χ0) is 21.4. The van der Waals surface area contributed by atoms with Gasteiger partial charge in [0.2, 0.25) is 5.78 Å². The lowest BCUT2D eigenvalue weighted by molar-refractivity contribution is -0.130. The van der Waals surface area contributed by atoms with Crippen molar-refractivity contribution in [3.8, 4) is 11.5 Å². The van der Waals surface area contributed by atoms with Crippen LogP contribution in [0.5, 0.6) is 11.5 Å². The van der Waals surface area contributed by atoms with Crippen LogP contribution in [0.25, 0.3) is 0 Å². The zero-order valence-electron chi connectivity index (χ0n) is 16.9. The summed E-state index contributed by atoms with van der Waals surface area (Å²) < 4.78 is 16.4. The molecule has 0 spiro atoms. The fourth-order valence-electron chi connectivity index (χ4n) is 3.75. The van der Waals surface area contributed by atoms with Crippen molar-refractivity contribution in [3.63, 3.8) is 0 Å². The highest BCUT2D eigenvalue weighted by Crippen LogP contribution is 2.42. The van der Waals surface area contributed by atoms with Crippen molar-refractivity contribution in [1.82, 2.24) is 9.88 Å². The van der Waals surface area contributed by atoms with Gasteiger partial charge in [-0.05, 0) is 31.5 Å². The molecule has 1 aromatic heterocycles. The molecular weight excluding hydrogens is 408 g/mol. The van der Waals surface area contributed by atoms with Gasteiger partial charge in [0, 0.05) is 13.7 Å². The van der Waals surface area contributed by atoms with Gasteiger partial charge < -0.3 is 24.2 Å². The summed E-state index contributed by atoms with van der Waals surface area (Å²) in [5, 5.41) is 11.4. The Labute approximate surface area is 177 Å². The maximum atomic E-state index is 13.4. The van der Waals surface area contributed by atoms with Gasteiger partial charge in [0.15, 0.2) is 17.3 Å². The third-order valence-corrected chi connectivity index (χ3v) is 6.15. The molecule has 0 fully saturated rings. The number of thiazole rings is 1. The van der Waals surface area contributed by atoms with Crippen molar-refractivity contribution in [1.29, 1.82) is 0 Å². The van der Waals surface area contributed by atoms with Gasteiger partial charge in [-0.15, -0.1) is 11.3 Å². The fourth-order valence-corrected chi connectivity index (χ4v) is 4.62. The highest BCUT2D eigenvalue weighted by atomic mass is 32.1. The van der Waals surface area contributed by atoms with Crippen LogP contribution < -0.4 is 9.47 Å². The summed E-state index contributed by atoms with van der Waals surface area (Å²) in [4.78, 5) is 32.4. The lowest BCUT2D eigenvalue weighted by Crippen LogP contribution is -2.34. The second-order valence-electron chi connectivity index (χ2n) is 7.04. The number of hydrogen-bond donors (Lipinski definition) is 1. The number of aliphatic hydroxyl groups excluding tert-OH is 1. The average molecular weight is 430 g/mol. The minimum absolute atomic E-state index is 0.0412. The van der Waals surface area contributed by atoms with Crippen LogP contribution in [0.1, 0.15) is 32.0 Å². The van der Waals surface area contributed by atoms with Crippen LogP contribution in [0.2, 0.25) is 0 Å². The second-order valence-corrected chi connectivity index (χ2v) is 8.24. The van der Waals surface area contributed by atoms with Gasteiger partial charge in [-0.3, -0.25) is 9.59 Å². The van der Waals surface area contributed by atoms with Crippen LogP contribution >= 0.6 is 11.3 Å². The monoisotopic (exact) mass is 430 g/mol. The Kier molecular flexibility index (Phi) is 5.48. The number of Topliss-reactive ketones (excluding diaryl/α,β-unsaturated/α-hetero) is 1. The molecular formula is C21H22N2O6S. The molecule has 1 amide bonds. The fraction of sp³-hybridized carbons (Fsp3) is 0.381. The number of carbonyl (C=O) groups is 2. The Balaban J connectivity index is 1.80. The van der Waals surface area contributed by atoms with Gasteiger partial charge in [-0.25, -0.2) is 4.98 Å². The molecule has 0 saturated heterocycles. The van der Waals surface area contributed by atoms with Crippen LogP contribution in [0.3, 0.4) is 0 Å². The summed E-state index contributed by atoms with van der Waals surface area (Å²) in [5.74, 6) is -0.395. The van der Waals surface area contributed by atoms with Crippen molar-refractivity contribution in [3.05, 3.63) is 50.7 Å². The van der Waals surface area contributed by atoms with Crippen molar-refractivity contribution in [2.45, 2.75) is 19.9 Å². The van der Waals surface area contributed by atoms with E-state index in [1.54, 1.807) is 25.1 Å². The maximum Gasteiger partial charge on any atom is 0.290 e. The first-order valence-corrected chi connectivity index (χ1v) is 10.3. The summed E-state index contributed by atoms with van der Waals surface area (Å²) >= 11 is 1.25. The molecule has 8 nitrogen and oxygen atoms in total. The third-order valence-electron chi connectivity index (χ3n) is 5.08. The van der Waals surface area contributed by atoms with Crippen LogP contribution in [0, 0.1) is 13.8 Å². The van der Waals surface area contributed by atoms with E-state index in [1.165, 1.54) is 23.3 Å². The lowest BCUT2D eigenvalue weighted by atomic mass is 9.94. The van der Waals surface area contributed by atoms with E-state index in [0.717, 1.165) is 5.01 Å². The minimum Gasteiger partial charge on any atom is -0.503 e. The highest BCUT2D eigenvalue weighted by Gasteiger charge is 2.44. The van der Waals surface area contributed by atoms with E-state index in [2.05, 4.69) is 4.98 Å².